The van der Waals surface area contributed by atoms with E-state index in [1.807, 2.05) is 26.0 Å². The highest BCUT2D eigenvalue weighted by molar-refractivity contribution is 5.82. The van der Waals surface area contributed by atoms with Gasteiger partial charge in [0.2, 0.25) is 0 Å². The van der Waals surface area contributed by atoms with E-state index < -0.39 is 0 Å². The zero-order valence-electron chi connectivity index (χ0n) is 12.0. The zero-order chi connectivity index (χ0) is 14.3. The third kappa shape index (κ3) is 6.45. The Morgan fingerprint density at radius 1 is 1.16 bits per heavy atom. The van der Waals surface area contributed by atoms with E-state index in [0.717, 1.165) is 19.5 Å². The third-order valence-electron chi connectivity index (χ3n) is 2.94. The Morgan fingerprint density at radius 2 is 1.84 bits per heavy atom. The molecule has 0 heterocycles. The molecular weight excluding hydrogens is 243 g/mol. The Kier molecular flexibility index (Phi) is 6.67. The van der Waals surface area contributed by atoms with Crippen molar-refractivity contribution in [3.63, 3.8) is 0 Å². The second kappa shape index (κ2) is 8.02. The predicted octanol–water partition coefficient (Wildman–Crippen LogP) is 1.82. The van der Waals surface area contributed by atoms with Crippen molar-refractivity contribution in [2.45, 2.75) is 12.8 Å². The number of halogens is 1. The maximum absolute atomic E-state index is 13.4. The number of benzene rings is 1. The molecule has 19 heavy (non-hydrogen) atoms. The molecule has 3 nitrogen and oxygen atoms in total. The van der Waals surface area contributed by atoms with Gasteiger partial charge in [0.1, 0.15) is 5.82 Å². The number of nitrogens with zero attached hydrogens (tertiary/aromatic N) is 2. The summed E-state index contributed by atoms with van der Waals surface area (Å²) in [6, 6.07) is 6.45. The molecule has 0 spiro atoms. The molecular formula is C15H23FN2O. The van der Waals surface area contributed by atoms with Crippen LogP contribution >= 0.6 is 0 Å². The molecule has 1 aromatic rings. The van der Waals surface area contributed by atoms with Crippen LogP contribution in [-0.2, 0) is 11.2 Å². The average molecular weight is 266 g/mol. The number of carbonyl (C=O) groups excluding carboxylic acids is 1. The van der Waals surface area contributed by atoms with Crippen LogP contribution in [0.1, 0.15) is 12.0 Å². The molecule has 1 rings (SSSR count). The first kappa shape index (κ1) is 15.8. The van der Waals surface area contributed by atoms with Crippen LogP contribution < -0.4 is 0 Å². The van der Waals surface area contributed by atoms with Gasteiger partial charge in [-0.2, -0.15) is 0 Å². The lowest BCUT2D eigenvalue weighted by Crippen LogP contribution is -2.29. The van der Waals surface area contributed by atoms with Crippen LogP contribution in [0.2, 0.25) is 0 Å². The fourth-order valence-electron chi connectivity index (χ4n) is 1.95. The highest BCUT2D eigenvalue weighted by Crippen LogP contribution is 2.07. The summed E-state index contributed by atoms with van der Waals surface area (Å²) in [5, 5.41) is 0. The molecule has 0 radical (unpaired) electrons. The first-order valence-electron chi connectivity index (χ1n) is 6.57. The minimum atomic E-state index is -0.300. The van der Waals surface area contributed by atoms with Gasteiger partial charge in [-0.3, -0.25) is 9.69 Å². The predicted molar refractivity (Wildman–Crippen MR) is 75.8 cm³/mol. The molecule has 1 aromatic carbocycles. The maximum atomic E-state index is 13.4. The van der Waals surface area contributed by atoms with E-state index in [1.54, 1.807) is 18.2 Å². The van der Waals surface area contributed by atoms with Crippen LogP contribution in [0.3, 0.4) is 0 Å². The van der Waals surface area contributed by atoms with Crippen molar-refractivity contribution >= 4 is 5.78 Å². The van der Waals surface area contributed by atoms with E-state index in [1.165, 1.54) is 6.07 Å². The summed E-state index contributed by atoms with van der Waals surface area (Å²) in [5.41, 5.74) is 0.481. The quantitative estimate of drug-likeness (QED) is 0.717. The summed E-state index contributed by atoms with van der Waals surface area (Å²) in [6.07, 6.45) is 1.20. The Morgan fingerprint density at radius 3 is 2.47 bits per heavy atom. The van der Waals surface area contributed by atoms with Crippen molar-refractivity contribution in [2.24, 2.45) is 0 Å². The van der Waals surface area contributed by atoms with Crippen LogP contribution in [-0.4, -0.2) is 56.4 Å². The van der Waals surface area contributed by atoms with Crippen molar-refractivity contribution in [2.75, 3.05) is 40.8 Å². The molecule has 106 valence electrons. The minimum Gasteiger partial charge on any atom is -0.309 e. The second-order valence-corrected chi connectivity index (χ2v) is 5.20. The van der Waals surface area contributed by atoms with E-state index in [2.05, 4.69) is 4.90 Å². The SMILES string of the molecule is CN(C)CCCN(C)CC(=O)Cc1ccccc1F. The average Bonchev–Trinajstić information content (AvgIpc) is 2.31. The Hall–Kier alpha value is -1.26. The molecule has 0 aromatic heterocycles. The molecule has 4 heteroatoms. The topological polar surface area (TPSA) is 23.6 Å². The number of hydrogen-bond acceptors (Lipinski definition) is 3. The first-order chi connectivity index (χ1) is 8.99. The van der Waals surface area contributed by atoms with Gasteiger partial charge in [-0.05, 0) is 52.3 Å². The Balaban J connectivity index is 2.33. The largest absolute Gasteiger partial charge is 0.309 e. The molecule has 0 aliphatic carbocycles. The number of rotatable bonds is 8. The van der Waals surface area contributed by atoms with Gasteiger partial charge in [0.25, 0.3) is 0 Å². The smallest absolute Gasteiger partial charge is 0.151 e. The Labute approximate surface area is 115 Å². The molecule has 0 amide bonds. The summed E-state index contributed by atoms with van der Waals surface area (Å²) in [7, 11) is 5.99. The lowest BCUT2D eigenvalue weighted by Gasteiger charge is -2.17. The van der Waals surface area contributed by atoms with Crippen molar-refractivity contribution in [1.82, 2.24) is 9.80 Å². The summed E-state index contributed by atoms with van der Waals surface area (Å²) in [4.78, 5) is 16.0. The lowest BCUT2D eigenvalue weighted by molar-refractivity contribution is -0.119. The van der Waals surface area contributed by atoms with Gasteiger partial charge >= 0.3 is 0 Å². The van der Waals surface area contributed by atoms with Crippen molar-refractivity contribution in [1.29, 1.82) is 0 Å². The number of carbonyl (C=O) groups is 1. The molecule has 0 fully saturated rings. The second-order valence-electron chi connectivity index (χ2n) is 5.20. The van der Waals surface area contributed by atoms with E-state index in [9.17, 15) is 9.18 Å². The van der Waals surface area contributed by atoms with Crippen molar-refractivity contribution < 1.29 is 9.18 Å². The van der Waals surface area contributed by atoms with Gasteiger partial charge in [-0.15, -0.1) is 0 Å². The molecule has 0 N–H and O–H groups in total. The van der Waals surface area contributed by atoms with Gasteiger partial charge in [-0.25, -0.2) is 4.39 Å². The highest BCUT2D eigenvalue weighted by Gasteiger charge is 2.10. The van der Waals surface area contributed by atoms with E-state index in [-0.39, 0.29) is 18.0 Å². The highest BCUT2D eigenvalue weighted by atomic mass is 19.1. The standard InChI is InChI=1S/C15H23FN2O/c1-17(2)9-6-10-18(3)12-14(19)11-13-7-4-5-8-15(13)16/h4-5,7-8H,6,9-12H2,1-3H3. The van der Waals surface area contributed by atoms with Crippen LogP contribution in [0.4, 0.5) is 4.39 Å². The molecule has 0 unspecified atom stereocenters. The summed E-state index contributed by atoms with van der Waals surface area (Å²) in [6.45, 7) is 2.26. The monoisotopic (exact) mass is 266 g/mol. The molecule has 0 saturated heterocycles. The van der Waals surface area contributed by atoms with Crippen molar-refractivity contribution in [3.05, 3.63) is 35.6 Å². The van der Waals surface area contributed by atoms with E-state index >= 15 is 0 Å². The maximum Gasteiger partial charge on any atom is 0.151 e. The fraction of sp³-hybridized carbons (Fsp3) is 0.533. The number of likely N-dealkylation sites (N-methyl/N-ethyl adjacent to an activating group) is 1. The van der Waals surface area contributed by atoms with Gasteiger partial charge in [0.05, 0.1) is 6.54 Å². The first-order valence-corrected chi connectivity index (χ1v) is 6.57. The van der Waals surface area contributed by atoms with E-state index in [4.69, 9.17) is 0 Å². The summed E-state index contributed by atoms with van der Waals surface area (Å²) >= 11 is 0. The minimum absolute atomic E-state index is 0.0532. The fourth-order valence-corrected chi connectivity index (χ4v) is 1.95. The number of Topliss-reactive ketones (excluding diaryl/α,β-unsaturated/α-hetero) is 1. The molecule has 0 saturated carbocycles. The van der Waals surface area contributed by atoms with Gasteiger partial charge in [0, 0.05) is 6.42 Å². The lowest BCUT2D eigenvalue weighted by atomic mass is 10.1. The molecule has 0 aliphatic rings. The molecule has 0 bridgehead atoms. The third-order valence-corrected chi connectivity index (χ3v) is 2.94. The van der Waals surface area contributed by atoms with Crippen LogP contribution in [0.25, 0.3) is 0 Å². The van der Waals surface area contributed by atoms with Gasteiger partial charge in [-0.1, -0.05) is 18.2 Å². The number of ketones is 1. The van der Waals surface area contributed by atoms with Gasteiger partial charge in [0.15, 0.2) is 5.78 Å². The van der Waals surface area contributed by atoms with Crippen LogP contribution in [0.5, 0.6) is 0 Å². The van der Waals surface area contributed by atoms with Crippen LogP contribution in [0, 0.1) is 5.82 Å². The normalized spacial score (nSPS) is 11.3. The van der Waals surface area contributed by atoms with Crippen molar-refractivity contribution in [3.8, 4) is 0 Å². The summed E-state index contributed by atoms with van der Waals surface area (Å²) in [5.74, 6) is -0.247. The van der Waals surface area contributed by atoms with Crippen LogP contribution in [0.15, 0.2) is 24.3 Å². The van der Waals surface area contributed by atoms with E-state index in [0.29, 0.717) is 12.1 Å². The Bertz CT molecular complexity index is 407. The zero-order valence-corrected chi connectivity index (χ0v) is 12.0. The number of hydrogen-bond donors (Lipinski definition) is 0. The summed E-state index contributed by atoms with van der Waals surface area (Å²) < 4.78 is 13.4. The molecule has 0 atom stereocenters. The molecule has 0 aliphatic heterocycles. The van der Waals surface area contributed by atoms with Gasteiger partial charge < -0.3 is 4.90 Å².